The molecule has 1 aromatic heterocycles. The number of hydrogen-bond acceptors (Lipinski definition) is 5. The summed E-state index contributed by atoms with van der Waals surface area (Å²) in [7, 11) is 0. The lowest BCUT2D eigenvalue weighted by Gasteiger charge is -2.35. The molecular weight excluding hydrogens is 350 g/mol. The molecule has 2 saturated heterocycles. The minimum Gasteiger partial charge on any atom is -0.353 e. The van der Waals surface area contributed by atoms with E-state index in [0.29, 0.717) is 6.04 Å². The normalized spacial score (nSPS) is 19.5. The summed E-state index contributed by atoms with van der Waals surface area (Å²) in [5.74, 6) is 1.12. The van der Waals surface area contributed by atoms with Crippen LogP contribution >= 0.6 is 0 Å². The van der Waals surface area contributed by atoms with E-state index in [-0.39, 0.29) is 11.8 Å². The molecule has 1 amide bonds. The highest BCUT2D eigenvalue weighted by molar-refractivity contribution is 5.79. The van der Waals surface area contributed by atoms with Gasteiger partial charge in [0.1, 0.15) is 0 Å². The second-order valence-electron chi connectivity index (χ2n) is 7.85. The average Bonchev–Trinajstić information content (AvgIpc) is 2.76. The Balaban J connectivity index is 1.19. The molecule has 1 N–H and O–H groups in total. The van der Waals surface area contributed by atoms with Crippen LogP contribution in [0.15, 0.2) is 48.8 Å². The zero-order valence-corrected chi connectivity index (χ0v) is 16.3. The number of anilines is 1. The van der Waals surface area contributed by atoms with Gasteiger partial charge in [-0.05, 0) is 37.3 Å². The fraction of sp³-hybridized carbons (Fsp3) is 0.500. The first kappa shape index (κ1) is 18.9. The van der Waals surface area contributed by atoms with Gasteiger partial charge in [0.25, 0.3) is 0 Å². The second-order valence-corrected chi connectivity index (χ2v) is 7.85. The lowest BCUT2D eigenvalue weighted by molar-refractivity contribution is -0.126. The summed E-state index contributed by atoms with van der Waals surface area (Å²) in [6.07, 6.45) is 7.36. The Labute approximate surface area is 167 Å². The van der Waals surface area contributed by atoms with Crippen molar-refractivity contribution in [2.45, 2.75) is 38.3 Å². The fourth-order valence-corrected chi connectivity index (χ4v) is 4.19. The van der Waals surface area contributed by atoms with Crippen LogP contribution in [0.1, 0.15) is 31.2 Å². The second kappa shape index (κ2) is 9.15. The van der Waals surface area contributed by atoms with Crippen LogP contribution in [0.5, 0.6) is 0 Å². The Bertz CT molecular complexity index is 738. The van der Waals surface area contributed by atoms with Gasteiger partial charge in [0, 0.05) is 57.1 Å². The van der Waals surface area contributed by atoms with E-state index in [0.717, 1.165) is 64.4 Å². The van der Waals surface area contributed by atoms with Gasteiger partial charge in [-0.3, -0.25) is 9.69 Å². The van der Waals surface area contributed by atoms with Crippen LogP contribution in [0.4, 0.5) is 5.95 Å². The number of nitrogens with zero attached hydrogens (tertiary/aromatic N) is 4. The molecule has 0 spiro atoms. The zero-order valence-electron chi connectivity index (χ0n) is 16.3. The molecule has 0 saturated carbocycles. The minimum absolute atomic E-state index is 0.113. The zero-order chi connectivity index (χ0) is 19.2. The van der Waals surface area contributed by atoms with Gasteiger partial charge in [0.15, 0.2) is 0 Å². The summed E-state index contributed by atoms with van der Waals surface area (Å²) in [6.45, 7) is 4.78. The molecule has 2 aliphatic rings. The van der Waals surface area contributed by atoms with Crippen molar-refractivity contribution in [2.75, 3.05) is 31.1 Å². The van der Waals surface area contributed by atoms with E-state index in [1.807, 2.05) is 6.07 Å². The monoisotopic (exact) mass is 379 g/mol. The van der Waals surface area contributed by atoms with Gasteiger partial charge in [-0.25, -0.2) is 9.97 Å². The third-order valence-corrected chi connectivity index (χ3v) is 5.88. The predicted molar refractivity (Wildman–Crippen MR) is 110 cm³/mol. The lowest BCUT2D eigenvalue weighted by atomic mass is 9.95. The summed E-state index contributed by atoms with van der Waals surface area (Å²) in [6, 6.07) is 12.8. The molecule has 1 aromatic carbocycles. The van der Waals surface area contributed by atoms with Crippen molar-refractivity contribution in [1.82, 2.24) is 20.2 Å². The first-order valence-corrected chi connectivity index (χ1v) is 10.4. The standard InChI is InChI=1S/C22H29N5O/c28-21(19-7-15-27(16-8-19)22-23-11-4-12-24-22)25-20-9-13-26(14-10-20)17-18-5-2-1-3-6-18/h1-6,11-12,19-20H,7-10,13-17H2,(H,25,28). The first-order chi connectivity index (χ1) is 13.8. The maximum atomic E-state index is 12.7. The van der Waals surface area contributed by atoms with E-state index < -0.39 is 0 Å². The number of likely N-dealkylation sites (tertiary alicyclic amines) is 1. The van der Waals surface area contributed by atoms with Gasteiger partial charge in [-0.2, -0.15) is 0 Å². The molecule has 2 aromatic rings. The molecule has 6 heteroatoms. The number of rotatable bonds is 5. The van der Waals surface area contributed by atoms with E-state index in [2.05, 4.69) is 55.4 Å². The molecule has 0 unspecified atom stereocenters. The molecule has 148 valence electrons. The molecule has 3 heterocycles. The third-order valence-electron chi connectivity index (χ3n) is 5.88. The molecule has 4 rings (SSSR count). The van der Waals surface area contributed by atoms with Crippen LogP contribution in [0.2, 0.25) is 0 Å². The van der Waals surface area contributed by atoms with E-state index in [4.69, 9.17) is 0 Å². The van der Waals surface area contributed by atoms with Gasteiger partial charge in [0.05, 0.1) is 0 Å². The van der Waals surface area contributed by atoms with Crippen molar-refractivity contribution in [3.05, 3.63) is 54.4 Å². The van der Waals surface area contributed by atoms with E-state index in [1.165, 1.54) is 5.56 Å². The number of hydrogen-bond donors (Lipinski definition) is 1. The lowest BCUT2D eigenvalue weighted by Crippen LogP contribution is -2.48. The van der Waals surface area contributed by atoms with E-state index >= 15 is 0 Å². The van der Waals surface area contributed by atoms with Crippen molar-refractivity contribution in [3.8, 4) is 0 Å². The van der Waals surface area contributed by atoms with Crippen LogP contribution in [0.25, 0.3) is 0 Å². The van der Waals surface area contributed by atoms with Gasteiger partial charge in [-0.1, -0.05) is 30.3 Å². The smallest absolute Gasteiger partial charge is 0.225 e. The van der Waals surface area contributed by atoms with Crippen molar-refractivity contribution in [1.29, 1.82) is 0 Å². The van der Waals surface area contributed by atoms with Crippen molar-refractivity contribution < 1.29 is 4.79 Å². The predicted octanol–water partition coefficient (Wildman–Crippen LogP) is 2.47. The summed E-state index contributed by atoms with van der Waals surface area (Å²) in [5.41, 5.74) is 1.36. The highest BCUT2D eigenvalue weighted by Gasteiger charge is 2.28. The minimum atomic E-state index is 0.113. The van der Waals surface area contributed by atoms with Crippen LogP contribution in [0.3, 0.4) is 0 Å². The van der Waals surface area contributed by atoms with Crippen LogP contribution in [0, 0.1) is 5.92 Å². The highest BCUT2D eigenvalue weighted by atomic mass is 16.2. The van der Waals surface area contributed by atoms with Crippen LogP contribution in [-0.2, 0) is 11.3 Å². The summed E-state index contributed by atoms with van der Waals surface area (Å²) >= 11 is 0. The number of amides is 1. The summed E-state index contributed by atoms with van der Waals surface area (Å²) < 4.78 is 0. The number of aromatic nitrogens is 2. The van der Waals surface area contributed by atoms with Crippen LogP contribution in [-0.4, -0.2) is 53.0 Å². The Hall–Kier alpha value is -2.47. The fourth-order valence-electron chi connectivity index (χ4n) is 4.19. The Morgan fingerprint density at radius 1 is 0.929 bits per heavy atom. The Morgan fingerprint density at radius 3 is 2.29 bits per heavy atom. The summed E-state index contributed by atoms with van der Waals surface area (Å²) in [5, 5.41) is 3.31. The molecule has 2 aliphatic heterocycles. The van der Waals surface area contributed by atoms with Gasteiger partial charge in [-0.15, -0.1) is 0 Å². The molecule has 6 nitrogen and oxygen atoms in total. The number of nitrogens with one attached hydrogen (secondary N) is 1. The van der Waals surface area contributed by atoms with Crippen molar-refractivity contribution >= 4 is 11.9 Å². The topological polar surface area (TPSA) is 61.4 Å². The van der Waals surface area contributed by atoms with Crippen molar-refractivity contribution in [2.24, 2.45) is 5.92 Å². The largest absolute Gasteiger partial charge is 0.353 e. The maximum absolute atomic E-state index is 12.7. The molecular formula is C22H29N5O. The van der Waals surface area contributed by atoms with Gasteiger partial charge < -0.3 is 10.2 Å². The molecule has 0 radical (unpaired) electrons. The van der Waals surface area contributed by atoms with Gasteiger partial charge in [0.2, 0.25) is 11.9 Å². The molecule has 0 aliphatic carbocycles. The first-order valence-electron chi connectivity index (χ1n) is 10.4. The SMILES string of the molecule is O=C(NC1CCN(Cc2ccccc2)CC1)C1CCN(c2ncccn2)CC1. The highest BCUT2D eigenvalue weighted by Crippen LogP contribution is 2.21. The molecule has 28 heavy (non-hydrogen) atoms. The van der Waals surface area contributed by atoms with E-state index in [1.54, 1.807) is 12.4 Å². The quantitative estimate of drug-likeness (QED) is 0.865. The Kier molecular flexibility index (Phi) is 6.17. The number of carbonyl (C=O) groups is 1. The van der Waals surface area contributed by atoms with E-state index in [9.17, 15) is 4.79 Å². The number of carbonyl (C=O) groups excluding carboxylic acids is 1. The van der Waals surface area contributed by atoms with Crippen LogP contribution < -0.4 is 10.2 Å². The van der Waals surface area contributed by atoms with Crippen molar-refractivity contribution in [3.63, 3.8) is 0 Å². The third kappa shape index (κ3) is 4.87. The average molecular weight is 380 g/mol. The number of piperidine rings is 2. The Morgan fingerprint density at radius 2 is 1.61 bits per heavy atom. The summed E-state index contributed by atoms with van der Waals surface area (Å²) in [4.78, 5) is 26.0. The molecule has 2 fully saturated rings. The molecule has 0 atom stereocenters. The molecule has 0 bridgehead atoms. The number of benzene rings is 1. The maximum Gasteiger partial charge on any atom is 0.225 e. The van der Waals surface area contributed by atoms with Gasteiger partial charge >= 0.3 is 0 Å².